The highest BCUT2D eigenvalue weighted by atomic mass is 19.1. The molecule has 1 aromatic carbocycles. The molecule has 18 heavy (non-hydrogen) atoms. The molecule has 0 saturated heterocycles. The lowest BCUT2D eigenvalue weighted by Crippen LogP contribution is -2.33. The number of aromatic hydroxyl groups is 1. The quantitative estimate of drug-likeness (QED) is 0.872. The molecule has 0 aliphatic heterocycles. The first-order valence-electron chi connectivity index (χ1n) is 5.73. The Labute approximate surface area is 106 Å². The Morgan fingerprint density at radius 2 is 2.11 bits per heavy atom. The fourth-order valence-electron chi connectivity index (χ4n) is 1.38. The second-order valence-corrected chi connectivity index (χ2v) is 4.93. The van der Waals surface area contributed by atoms with Crippen molar-refractivity contribution in [3.8, 4) is 5.75 Å². The molecule has 100 valence electrons. The van der Waals surface area contributed by atoms with E-state index < -0.39 is 17.5 Å². The zero-order chi connectivity index (χ0) is 13.8. The Hall–Kier alpha value is -1.78. The summed E-state index contributed by atoms with van der Waals surface area (Å²) in [4.78, 5) is 11.3. The number of ether oxygens (including phenoxy) is 1. The Morgan fingerprint density at radius 1 is 1.44 bits per heavy atom. The first-order valence-corrected chi connectivity index (χ1v) is 5.73. The van der Waals surface area contributed by atoms with Crippen LogP contribution in [-0.2, 0) is 11.2 Å². The van der Waals surface area contributed by atoms with E-state index in [1.54, 1.807) is 26.8 Å². The maximum absolute atomic E-state index is 13.0. The number of para-hydroxylation sites is 1. The minimum Gasteiger partial charge on any atom is -0.505 e. The maximum Gasteiger partial charge on any atom is 0.407 e. The van der Waals surface area contributed by atoms with E-state index >= 15 is 0 Å². The van der Waals surface area contributed by atoms with Crippen molar-refractivity contribution in [2.24, 2.45) is 0 Å². The van der Waals surface area contributed by atoms with Crippen LogP contribution in [0.15, 0.2) is 18.2 Å². The van der Waals surface area contributed by atoms with Gasteiger partial charge in [0.25, 0.3) is 0 Å². The van der Waals surface area contributed by atoms with Gasteiger partial charge in [0.2, 0.25) is 0 Å². The van der Waals surface area contributed by atoms with Crippen LogP contribution in [0.2, 0.25) is 0 Å². The summed E-state index contributed by atoms with van der Waals surface area (Å²) in [6.45, 7) is 5.58. The van der Waals surface area contributed by atoms with Crippen LogP contribution in [-0.4, -0.2) is 23.3 Å². The third-order valence-electron chi connectivity index (χ3n) is 2.13. The van der Waals surface area contributed by atoms with E-state index in [1.165, 1.54) is 12.1 Å². The molecule has 0 aliphatic rings. The highest BCUT2D eigenvalue weighted by Crippen LogP contribution is 2.20. The summed E-state index contributed by atoms with van der Waals surface area (Å²) in [5.41, 5.74) is -0.100. The molecule has 1 rings (SSSR count). The van der Waals surface area contributed by atoms with Gasteiger partial charge in [-0.3, -0.25) is 0 Å². The van der Waals surface area contributed by atoms with E-state index in [0.29, 0.717) is 12.0 Å². The minimum absolute atomic E-state index is 0.270. The molecule has 4 nitrogen and oxygen atoms in total. The predicted octanol–water partition coefficient (Wildman–Crippen LogP) is 2.60. The summed E-state index contributed by atoms with van der Waals surface area (Å²) in [6, 6.07) is 4.30. The van der Waals surface area contributed by atoms with Gasteiger partial charge in [-0.15, -0.1) is 0 Å². The van der Waals surface area contributed by atoms with Gasteiger partial charge in [-0.1, -0.05) is 12.1 Å². The number of phenolic OH excluding ortho intramolecular Hbond substituents is 1. The van der Waals surface area contributed by atoms with Crippen LogP contribution in [0, 0.1) is 5.82 Å². The summed E-state index contributed by atoms with van der Waals surface area (Å²) < 4.78 is 18.1. The highest BCUT2D eigenvalue weighted by Gasteiger charge is 2.15. The zero-order valence-corrected chi connectivity index (χ0v) is 10.8. The van der Waals surface area contributed by atoms with Crippen LogP contribution >= 0.6 is 0 Å². The van der Waals surface area contributed by atoms with Gasteiger partial charge in [0, 0.05) is 6.54 Å². The van der Waals surface area contributed by atoms with Crippen molar-refractivity contribution >= 4 is 6.09 Å². The largest absolute Gasteiger partial charge is 0.505 e. The van der Waals surface area contributed by atoms with Gasteiger partial charge in [-0.25, -0.2) is 9.18 Å². The van der Waals surface area contributed by atoms with Crippen molar-refractivity contribution in [3.05, 3.63) is 29.6 Å². The SMILES string of the molecule is CC(C)(C)OC(=O)NCCc1cccc(F)c1O. The molecule has 0 fully saturated rings. The van der Waals surface area contributed by atoms with Crippen LogP contribution in [0.3, 0.4) is 0 Å². The van der Waals surface area contributed by atoms with E-state index in [0.717, 1.165) is 0 Å². The number of nitrogens with one attached hydrogen (secondary N) is 1. The molecule has 1 amide bonds. The number of hydrogen-bond acceptors (Lipinski definition) is 3. The summed E-state index contributed by atoms with van der Waals surface area (Å²) in [7, 11) is 0. The fourth-order valence-corrected chi connectivity index (χ4v) is 1.38. The molecular formula is C13H18FNO3. The number of alkyl carbamates (subject to hydrolysis) is 1. The molecule has 0 radical (unpaired) electrons. The number of amides is 1. The standard InChI is InChI=1S/C13H18FNO3/c1-13(2,3)18-12(17)15-8-7-9-5-4-6-10(14)11(9)16/h4-6,16H,7-8H2,1-3H3,(H,15,17). The van der Waals surface area contributed by atoms with Gasteiger partial charge in [0.1, 0.15) is 5.60 Å². The van der Waals surface area contributed by atoms with Gasteiger partial charge in [0.05, 0.1) is 0 Å². The number of phenols is 1. The van der Waals surface area contributed by atoms with E-state index in [9.17, 15) is 14.3 Å². The number of hydrogen-bond donors (Lipinski definition) is 2. The molecule has 5 heteroatoms. The van der Waals surface area contributed by atoms with E-state index in [2.05, 4.69) is 5.32 Å². The first kappa shape index (κ1) is 14.3. The molecule has 0 saturated carbocycles. The minimum atomic E-state index is -0.662. The van der Waals surface area contributed by atoms with Crippen LogP contribution in [0.5, 0.6) is 5.75 Å². The summed E-state index contributed by atoms with van der Waals surface area (Å²) >= 11 is 0. The smallest absolute Gasteiger partial charge is 0.407 e. The van der Waals surface area contributed by atoms with Crippen molar-refractivity contribution in [2.75, 3.05) is 6.54 Å². The Balaban J connectivity index is 2.43. The molecular weight excluding hydrogens is 237 g/mol. The molecule has 1 aromatic rings. The van der Waals surface area contributed by atoms with Gasteiger partial charge < -0.3 is 15.2 Å². The first-order chi connectivity index (χ1) is 8.29. The molecule has 0 aliphatic carbocycles. The summed E-state index contributed by atoms with van der Waals surface area (Å²) in [6.07, 6.45) is -0.193. The van der Waals surface area contributed by atoms with Crippen molar-refractivity contribution < 1.29 is 19.0 Å². The van der Waals surface area contributed by atoms with Crippen molar-refractivity contribution in [1.82, 2.24) is 5.32 Å². The van der Waals surface area contributed by atoms with Crippen molar-refractivity contribution in [1.29, 1.82) is 0 Å². The zero-order valence-electron chi connectivity index (χ0n) is 10.8. The topological polar surface area (TPSA) is 58.6 Å². The monoisotopic (exact) mass is 255 g/mol. The van der Waals surface area contributed by atoms with Crippen molar-refractivity contribution in [3.63, 3.8) is 0 Å². The molecule has 0 bridgehead atoms. The number of rotatable bonds is 3. The van der Waals surface area contributed by atoms with E-state index in [4.69, 9.17) is 4.74 Å². The molecule has 0 heterocycles. The van der Waals surface area contributed by atoms with Crippen LogP contribution < -0.4 is 5.32 Å². The summed E-state index contributed by atoms with van der Waals surface area (Å²) in [5.74, 6) is -1.03. The number of benzene rings is 1. The second kappa shape index (κ2) is 5.71. The Morgan fingerprint density at radius 3 is 2.72 bits per heavy atom. The normalized spacial score (nSPS) is 11.1. The van der Waals surface area contributed by atoms with Crippen molar-refractivity contribution in [2.45, 2.75) is 32.8 Å². The molecule has 0 aromatic heterocycles. The third-order valence-corrected chi connectivity index (χ3v) is 2.13. The predicted molar refractivity (Wildman–Crippen MR) is 66.0 cm³/mol. The third kappa shape index (κ3) is 4.61. The number of halogens is 1. The Bertz CT molecular complexity index is 427. The molecule has 0 atom stereocenters. The van der Waals surface area contributed by atoms with Gasteiger partial charge in [-0.2, -0.15) is 0 Å². The van der Waals surface area contributed by atoms with Gasteiger partial charge >= 0.3 is 6.09 Å². The lowest BCUT2D eigenvalue weighted by molar-refractivity contribution is 0.0528. The van der Waals surface area contributed by atoms with Gasteiger partial charge in [-0.05, 0) is 38.8 Å². The van der Waals surface area contributed by atoms with Crippen LogP contribution in [0.25, 0.3) is 0 Å². The molecule has 2 N–H and O–H groups in total. The fraction of sp³-hybridized carbons (Fsp3) is 0.462. The van der Waals surface area contributed by atoms with E-state index in [-0.39, 0.29) is 12.3 Å². The highest BCUT2D eigenvalue weighted by molar-refractivity contribution is 5.67. The van der Waals surface area contributed by atoms with Crippen LogP contribution in [0.1, 0.15) is 26.3 Å². The average molecular weight is 255 g/mol. The van der Waals surface area contributed by atoms with Gasteiger partial charge in [0.15, 0.2) is 11.6 Å². The number of carbonyl (C=O) groups excluding carboxylic acids is 1. The number of carbonyl (C=O) groups is 1. The molecule has 0 unspecified atom stereocenters. The lowest BCUT2D eigenvalue weighted by Gasteiger charge is -2.19. The Kier molecular flexibility index (Phi) is 4.53. The average Bonchev–Trinajstić information content (AvgIpc) is 2.21. The maximum atomic E-state index is 13.0. The van der Waals surface area contributed by atoms with Crippen LogP contribution in [0.4, 0.5) is 9.18 Å². The lowest BCUT2D eigenvalue weighted by atomic mass is 10.1. The second-order valence-electron chi connectivity index (χ2n) is 4.93. The molecule has 0 spiro atoms. The summed E-state index contributed by atoms with van der Waals surface area (Å²) in [5, 5.41) is 12.0. The van der Waals surface area contributed by atoms with E-state index in [1.807, 2.05) is 0 Å².